The topological polar surface area (TPSA) is 45.3 Å². The minimum Gasteiger partial charge on any atom is -0.448 e. The minimum atomic E-state index is -0.358. The summed E-state index contributed by atoms with van der Waals surface area (Å²) in [6, 6.07) is 13.5. The Morgan fingerprint density at radius 1 is 1.30 bits per heavy atom. The van der Waals surface area contributed by atoms with Gasteiger partial charge < -0.3 is 9.72 Å². The minimum absolute atomic E-state index is 0.192. The van der Waals surface area contributed by atoms with Crippen molar-refractivity contribution in [3.63, 3.8) is 0 Å². The molecule has 3 aromatic rings. The Hall–Kier alpha value is -1.69. The van der Waals surface area contributed by atoms with Crippen LogP contribution in [0.15, 0.2) is 46.9 Å². The molecular formula is C20H17BrCl2N2O2. The molecule has 0 saturated carbocycles. The van der Waals surface area contributed by atoms with Gasteiger partial charge in [0, 0.05) is 32.6 Å². The molecule has 0 spiro atoms. The summed E-state index contributed by atoms with van der Waals surface area (Å²) >= 11 is 15.4. The predicted octanol–water partition coefficient (Wildman–Crippen LogP) is 5.91. The number of ether oxygens (including phenoxy) is 1. The second-order valence-electron chi connectivity index (χ2n) is 6.41. The first kappa shape index (κ1) is 18.7. The molecule has 0 radical (unpaired) electrons. The predicted molar refractivity (Wildman–Crippen MR) is 112 cm³/mol. The Morgan fingerprint density at radius 3 is 2.93 bits per heavy atom. The number of nitrogens with one attached hydrogen (secondary N) is 1. The molecule has 1 aliphatic heterocycles. The van der Waals surface area contributed by atoms with Crippen molar-refractivity contribution in [1.82, 2.24) is 9.88 Å². The summed E-state index contributed by atoms with van der Waals surface area (Å²) < 4.78 is 6.29. The standard InChI is InChI=1S/C20H17BrCl2N2O2/c21-13-3-1-2-12(10-13)19-18-15(6-8-25(19)20(26)27-9-7-22)16-11-14(23)4-5-17(16)24-18/h1-5,10-11,19,24H,6-9H2. The molecule has 4 rings (SSSR count). The largest absolute Gasteiger partial charge is 0.448 e. The van der Waals surface area contributed by atoms with Gasteiger partial charge in [0.25, 0.3) is 0 Å². The van der Waals surface area contributed by atoms with Crippen LogP contribution in [0.3, 0.4) is 0 Å². The number of fused-ring (bicyclic) bond motifs is 3. The molecule has 1 unspecified atom stereocenters. The summed E-state index contributed by atoms with van der Waals surface area (Å²) in [7, 11) is 0. The fourth-order valence-electron chi connectivity index (χ4n) is 3.69. The molecule has 4 nitrogen and oxygen atoms in total. The summed E-state index contributed by atoms with van der Waals surface area (Å²) in [4.78, 5) is 18.0. The maximum Gasteiger partial charge on any atom is 0.410 e. The van der Waals surface area contributed by atoms with Crippen LogP contribution in [0, 0.1) is 0 Å². The highest BCUT2D eigenvalue weighted by atomic mass is 79.9. The van der Waals surface area contributed by atoms with Gasteiger partial charge in [-0.3, -0.25) is 4.90 Å². The van der Waals surface area contributed by atoms with Gasteiger partial charge in [0.1, 0.15) is 12.6 Å². The third-order valence-corrected chi connectivity index (χ3v) is 5.67. The Kier molecular flexibility index (Phi) is 5.35. The second kappa shape index (κ2) is 7.74. The average molecular weight is 468 g/mol. The number of aromatic amines is 1. The number of carbonyl (C=O) groups excluding carboxylic acids is 1. The zero-order valence-corrected chi connectivity index (χ0v) is 17.4. The van der Waals surface area contributed by atoms with E-state index in [1.54, 1.807) is 4.90 Å². The number of hydrogen-bond donors (Lipinski definition) is 1. The van der Waals surface area contributed by atoms with Crippen molar-refractivity contribution < 1.29 is 9.53 Å². The highest BCUT2D eigenvalue weighted by Crippen LogP contribution is 2.39. The van der Waals surface area contributed by atoms with Crippen LogP contribution in [0.4, 0.5) is 4.79 Å². The molecule has 7 heteroatoms. The highest BCUT2D eigenvalue weighted by Gasteiger charge is 2.35. The van der Waals surface area contributed by atoms with Crippen molar-refractivity contribution in [1.29, 1.82) is 0 Å². The number of nitrogens with zero attached hydrogens (tertiary/aromatic N) is 1. The van der Waals surface area contributed by atoms with Crippen LogP contribution in [0.25, 0.3) is 10.9 Å². The number of benzene rings is 2. The summed E-state index contributed by atoms with van der Waals surface area (Å²) in [5, 5.41) is 1.80. The quantitative estimate of drug-likeness (QED) is 0.487. The van der Waals surface area contributed by atoms with Crippen LogP contribution in [0.2, 0.25) is 5.02 Å². The van der Waals surface area contributed by atoms with Crippen LogP contribution in [0.1, 0.15) is 22.9 Å². The van der Waals surface area contributed by atoms with E-state index in [1.165, 1.54) is 5.56 Å². The molecule has 0 bridgehead atoms. The molecule has 27 heavy (non-hydrogen) atoms. The summed E-state index contributed by atoms with van der Waals surface area (Å²) in [6.45, 7) is 0.752. The number of aromatic nitrogens is 1. The third-order valence-electron chi connectivity index (χ3n) is 4.79. The number of H-pyrrole nitrogens is 1. The number of hydrogen-bond acceptors (Lipinski definition) is 2. The van der Waals surface area contributed by atoms with Crippen molar-refractivity contribution in [2.24, 2.45) is 0 Å². The number of amides is 1. The fraction of sp³-hybridized carbons (Fsp3) is 0.250. The number of rotatable bonds is 3. The first-order chi connectivity index (χ1) is 13.1. The lowest BCUT2D eigenvalue weighted by atomic mass is 9.93. The van der Waals surface area contributed by atoms with Gasteiger partial charge in [-0.05, 0) is 47.9 Å². The Labute approximate surface area is 175 Å². The van der Waals surface area contributed by atoms with Crippen LogP contribution in [-0.2, 0) is 11.2 Å². The summed E-state index contributed by atoms with van der Waals surface area (Å²) in [5.74, 6) is 0.275. The molecular weight excluding hydrogens is 451 g/mol. The van der Waals surface area contributed by atoms with E-state index in [9.17, 15) is 4.79 Å². The summed E-state index contributed by atoms with van der Waals surface area (Å²) in [6.07, 6.45) is 0.374. The Balaban J connectivity index is 1.85. The van der Waals surface area contributed by atoms with E-state index in [1.807, 2.05) is 42.5 Å². The SMILES string of the molecule is O=C(OCCCl)N1CCc2c([nH]c3ccc(Cl)cc23)C1c1cccc(Br)c1. The van der Waals surface area contributed by atoms with Gasteiger partial charge >= 0.3 is 6.09 Å². The van der Waals surface area contributed by atoms with Gasteiger partial charge in [-0.1, -0.05) is 39.7 Å². The molecule has 0 aliphatic carbocycles. The van der Waals surface area contributed by atoms with E-state index >= 15 is 0 Å². The van der Waals surface area contributed by atoms with Gasteiger partial charge in [-0.25, -0.2) is 4.79 Å². The monoisotopic (exact) mass is 466 g/mol. The maximum atomic E-state index is 12.7. The number of halogens is 3. The van der Waals surface area contributed by atoms with E-state index in [-0.39, 0.29) is 24.6 Å². The van der Waals surface area contributed by atoms with Crippen molar-refractivity contribution in [3.8, 4) is 0 Å². The van der Waals surface area contributed by atoms with Crippen LogP contribution in [-0.4, -0.2) is 35.0 Å². The van der Waals surface area contributed by atoms with Crippen molar-refractivity contribution in [2.45, 2.75) is 12.5 Å². The molecule has 140 valence electrons. The lowest BCUT2D eigenvalue weighted by molar-refractivity contribution is 0.0937. The lowest BCUT2D eigenvalue weighted by Crippen LogP contribution is -2.41. The molecule has 2 aromatic carbocycles. The first-order valence-electron chi connectivity index (χ1n) is 8.63. The van der Waals surface area contributed by atoms with Crippen molar-refractivity contribution >= 4 is 56.1 Å². The van der Waals surface area contributed by atoms with Gasteiger partial charge in [0.2, 0.25) is 0 Å². The maximum absolute atomic E-state index is 12.7. The van der Waals surface area contributed by atoms with Crippen LogP contribution in [0.5, 0.6) is 0 Å². The molecule has 1 aromatic heterocycles. The third kappa shape index (κ3) is 3.56. The molecule has 0 fully saturated rings. The van der Waals surface area contributed by atoms with Crippen LogP contribution < -0.4 is 0 Å². The van der Waals surface area contributed by atoms with E-state index in [4.69, 9.17) is 27.9 Å². The number of carbonyl (C=O) groups is 1. The molecule has 1 aliphatic rings. The Morgan fingerprint density at radius 2 is 2.15 bits per heavy atom. The van der Waals surface area contributed by atoms with Gasteiger partial charge in [-0.2, -0.15) is 0 Å². The van der Waals surface area contributed by atoms with E-state index in [2.05, 4.69) is 20.9 Å². The lowest BCUT2D eigenvalue weighted by Gasteiger charge is -2.35. The van der Waals surface area contributed by atoms with Gasteiger partial charge in [0.05, 0.1) is 5.88 Å². The molecule has 2 heterocycles. The average Bonchev–Trinajstić information content (AvgIpc) is 3.03. The first-order valence-corrected chi connectivity index (χ1v) is 10.3. The normalized spacial score (nSPS) is 16.4. The Bertz CT molecular complexity index is 1000. The van der Waals surface area contributed by atoms with Crippen LogP contribution >= 0.6 is 39.1 Å². The van der Waals surface area contributed by atoms with E-state index < -0.39 is 0 Å². The molecule has 1 N–H and O–H groups in total. The van der Waals surface area contributed by atoms with Gasteiger partial charge in [-0.15, -0.1) is 11.6 Å². The van der Waals surface area contributed by atoms with E-state index in [0.29, 0.717) is 11.6 Å². The van der Waals surface area contributed by atoms with Gasteiger partial charge in [0.15, 0.2) is 0 Å². The molecule has 1 amide bonds. The molecule has 1 atom stereocenters. The zero-order chi connectivity index (χ0) is 19.0. The second-order valence-corrected chi connectivity index (χ2v) is 8.14. The fourth-order valence-corrected chi connectivity index (χ4v) is 4.36. The highest BCUT2D eigenvalue weighted by molar-refractivity contribution is 9.10. The zero-order valence-electron chi connectivity index (χ0n) is 14.3. The van der Waals surface area contributed by atoms with Crippen molar-refractivity contribution in [3.05, 3.63) is 68.8 Å². The molecule has 0 saturated heterocycles. The smallest absolute Gasteiger partial charge is 0.410 e. The summed E-state index contributed by atoms with van der Waals surface area (Å²) in [5.41, 5.74) is 4.21. The number of alkyl halides is 1. The van der Waals surface area contributed by atoms with Crippen molar-refractivity contribution in [2.75, 3.05) is 19.0 Å². The van der Waals surface area contributed by atoms with E-state index in [0.717, 1.165) is 33.1 Å².